The minimum absolute atomic E-state index is 0.00619. The lowest BCUT2D eigenvalue weighted by Crippen LogP contribution is -2.26. The second-order valence-electron chi connectivity index (χ2n) is 6.69. The number of nitrogens with zero attached hydrogens (tertiary/aromatic N) is 4. The molecule has 4 heterocycles. The molecule has 3 aromatic rings. The van der Waals surface area contributed by atoms with Crippen LogP contribution in [0.25, 0.3) is 5.65 Å². The van der Waals surface area contributed by atoms with Crippen LogP contribution in [0.2, 0.25) is 0 Å². The minimum Gasteiger partial charge on any atom is -0.353 e. The zero-order valence-electron chi connectivity index (χ0n) is 14.1. The predicted molar refractivity (Wildman–Crippen MR) is 94.0 cm³/mol. The summed E-state index contributed by atoms with van der Waals surface area (Å²) in [7, 11) is 2.09. The van der Waals surface area contributed by atoms with Gasteiger partial charge < -0.3 is 4.57 Å². The molecule has 1 atom stereocenters. The molecular formula is C19H22N4O. The Balaban J connectivity index is 1.65. The van der Waals surface area contributed by atoms with Gasteiger partial charge in [0.2, 0.25) is 0 Å². The van der Waals surface area contributed by atoms with E-state index in [-0.39, 0.29) is 5.56 Å². The number of rotatable bonds is 3. The number of fused-ring (bicyclic) bond motifs is 1. The van der Waals surface area contributed by atoms with Gasteiger partial charge in [-0.2, -0.15) is 0 Å². The van der Waals surface area contributed by atoms with E-state index in [0.717, 1.165) is 36.4 Å². The predicted octanol–water partition coefficient (Wildman–Crippen LogP) is 2.68. The van der Waals surface area contributed by atoms with E-state index in [1.807, 2.05) is 25.3 Å². The maximum absolute atomic E-state index is 12.4. The van der Waals surface area contributed by atoms with Gasteiger partial charge in [0.05, 0.1) is 11.7 Å². The first-order chi connectivity index (χ1) is 11.6. The van der Waals surface area contributed by atoms with E-state index >= 15 is 0 Å². The molecule has 1 saturated heterocycles. The van der Waals surface area contributed by atoms with Crippen LogP contribution in [0.5, 0.6) is 0 Å². The van der Waals surface area contributed by atoms with Gasteiger partial charge in [-0.05, 0) is 50.1 Å². The van der Waals surface area contributed by atoms with Crippen LogP contribution in [-0.2, 0) is 13.6 Å². The Morgan fingerprint density at radius 1 is 1.29 bits per heavy atom. The van der Waals surface area contributed by atoms with E-state index in [2.05, 4.69) is 34.8 Å². The summed E-state index contributed by atoms with van der Waals surface area (Å²) in [5.74, 6) is 0. The lowest BCUT2D eigenvalue weighted by Gasteiger charge is -2.24. The maximum atomic E-state index is 12.4. The fraction of sp³-hybridized carbons (Fsp3) is 0.368. The molecule has 0 aromatic carbocycles. The van der Waals surface area contributed by atoms with Gasteiger partial charge in [-0.25, -0.2) is 4.98 Å². The van der Waals surface area contributed by atoms with Gasteiger partial charge >= 0.3 is 0 Å². The molecule has 0 saturated carbocycles. The first-order valence-electron chi connectivity index (χ1n) is 8.46. The SMILES string of the molecule is Cc1ccc2nc(CN3CCC[C@@H]3c3cccn3C)cc(=O)n2c1. The van der Waals surface area contributed by atoms with Crippen molar-refractivity contribution in [1.82, 2.24) is 18.9 Å². The van der Waals surface area contributed by atoms with E-state index in [4.69, 9.17) is 4.98 Å². The highest BCUT2D eigenvalue weighted by atomic mass is 16.1. The van der Waals surface area contributed by atoms with Gasteiger partial charge in [0.1, 0.15) is 5.65 Å². The van der Waals surface area contributed by atoms with E-state index in [1.165, 1.54) is 12.1 Å². The van der Waals surface area contributed by atoms with Crippen LogP contribution < -0.4 is 5.56 Å². The zero-order chi connectivity index (χ0) is 16.7. The number of pyridine rings is 1. The van der Waals surface area contributed by atoms with Crippen molar-refractivity contribution in [2.24, 2.45) is 7.05 Å². The van der Waals surface area contributed by atoms with Crippen molar-refractivity contribution in [3.05, 3.63) is 70.0 Å². The maximum Gasteiger partial charge on any atom is 0.258 e. The van der Waals surface area contributed by atoms with Gasteiger partial charge in [-0.3, -0.25) is 14.1 Å². The monoisotopic (exact) mass is 322 g/mol. The van der Waals surface area contributed by atoms with Gasteiger partial charge in [-0.15, -0.1) is 0 Å². The number of hydrogen-bond donors (Lipinski definition) is 0. The van der Waals surface area contributed by atoms with Crippen LogP contribution in [0.1, 0.15) is 35.8 Å². The third-order valence-corrected chi connectivity index (χ3v) is 4.91. The van der Waals surface area contributed by atoms with Crippen LogP contribution in [0.4, 0.5) is 0 Å². The molecule has 3 aromatic heterocycles. The Kier molecular flexibility index (Phi) is 3.73. The van der Waals surface area contributed by atoms with Crippen LogP contribution >= 0.6 is 0 Å². The Morgan fingerprint density at radius 3 is 2.96 bits per heavy atom. The molecule has 0 unspecified atom stereocenters. The van der Waals surface area contributed by atoms with Crippen LogP contribution in [0.3, 0.4) is 0 Å². The smallest absolute Gasteiger partial charge is 0.258 e. The lowest BCUT2D eigenvalue weighted by atomic mass is 10.1. The second kappa shape index (κ2) is 5.91. The summed E-state index contributed by atoms with van der Waals surface area (Å²) >= 11 is 0. The Bertz CT molecular complexity index is 940. The molecule has 1 fully saturated rings. The highest BCUT2D eigenvalue weighted by molar-refractivity contribution is 5.40. The van der Waals surface area contributed by atoms with Gasteiger partial charge in [0.25, 0.3) is 5.56 Å². The minimum atomic E-state index is -0.00619. The van der Waals surface area contributed by atoms with Crippen LogP contribution in [0.15, 0.2) is 47.5 Å². The molecule has 5 heteroatoms. The molecule has 124 valence electrons. The Morgan fingerprint density at radius 2 is 2.17 bits per heavy atom. The Hall–Kier alpha value is -2.40. The van der Waals surface area contributed by atoms with Crippen molar-refractivity contribution in [2.75, 3.05) is 6.54 Å². The van der Waals surface area contributed by atoms with E-state index in [9.17, 15) is 4.79 Å². The van der Waals surface area contributed by atoms with Crippen molar-refractivity contribution in [3.8, 4) is 0 Å². The lowest BCUT2D eigenvalue weighted by molar-refractivity contribution is 0.238. The van der Waals surface area contributed by atoms with E-state index in [1.54, 1.807) is 10.5 Å². The zero-order valence-corrected chi connectivity index (χ0v) is 14.1. The molecule has 1 aliphatic heterocycles. The average molecular weight is 322 g/mol. The van der Waals surface area contributed by atoms with Crippen molar-refractivity contribution in [2.45, 2.75) is 32.4 Å². The van der Waals surface area contributed by atoms with E-state index < -0.39 is 0 Å². The summed E-state index contributed by atoms with van der Waals surface area (Å²) in [6.45, 7) is 3.74. The molecule has 0 amide bonds. The molecule has 0 N–H and O–H groups in total. The fourth-order valence-corrected chi connectivity index (χ4v) is 3.72. The normalized spacial score (nSPS) is 18.5. The van der Waals surface area contributed by atoms with Crippen LogP contribution in [0, 0.1) is 6.92 Å². The molecule has 4 rings (SSSR count). The fourth-order valence-electron chi connectivity index (χ4n) is 3.72. The summed E-state index contributed by atoms with van der Waals surface area (Å²) in [6, 6.07) is 10.3. The molecule has 24 heavy (non-hydrogen) atoms. The largest absolute Gasteiger partial charge is 0.353 e. The average Bonchev–Trinajstić information content (AvgIpc) is 3.16. The highest BCUT2D eigenvalue weighted by Gasteiger charge is 2.27. The summed E-state index contributed by atoms with van der Waals surface area (Å²) in [4.78, 5) is 19.5. The van der Waals surface area contributed by atoms with E-state index in [0.29, 0.717) is 6.04 Å². The molecule has 0 spiro atoms. The van der Waals surface area contributed by atoms with Gasteiger partial charge in [0.15, 0.2) is 0 Å². The molecular weight excluding hydrogens is 300 g/mol. The quantitative estimate of drug-likeness (QED) is 0.744. The standard InChI is InChI=1S/C19H22N4O/c1-14-7-8-18-20-15(11-19(24)23(18)12-14)13-22-10-4-6-17(22)16-5-3-9-21(16)2/h3,5,7-9,11-12,17H,4,6,10,13H2,1-2H3/t17-/m1/s1. The van der Waals surface area contributed by atoms with Crippen molar-refractivity contribution in [1.29, 1.82) is 0 Å². The first-order valence-corrected chi connectivity index (χ1v) is 8.46. The highest BCUT2D eigenvalue weighted by Crippen LogP contribution is 2.32. The molecule has 5 nitrogen and oxygen atoms in total. The number of hydrogen-bond acceptors (Lipinski definition) is 3. The van der Waals surface area contributed by atoms with Crippen molar-refractivity contribution >= 4 is 5.65 Å². The number of aryl methyl sites for hydroxylation is 2. The van der Waals surface area contributed by atoms with Crippen LogP contribution in [-0.4, -0.2) is 25.4 Å². The van der Waals surface area contributed by atoms with Gasteiger partial charge in [-0.1, -0.05) is 6.07 Å². The van der Waals surface area contributed by atoms with Crippen molar-refractivity contribution < 1.29 is 0 Å². The summed E-state index contributed by atoms with van der Waals surface area (Å²) in [6.07, 6.45) is 6.27. The molecule has 0 aliphatic carbocycles. The van der Waals surface area contributed by atoms with Crippen molar-refractivity contribution in [3.63, 3.8) is 0 Å². The first kappa shape index (κ1) is 15.1. The molecule has 0 bridgehead atoms. The van der Waals surface area contributed by atoms with Gasteiger partial charge in [0, 0.05) is 37.7 Å². The second-order valence-corrected chi connectivity index (χ2v) is 6.69. The number of aromatic nitrogens is 3. The summed E-state index contributed by atoms with van der Waals surface area (Å²) < 4.78 is 3.81. The molecule has 1 aliphatic rings. The number of likely N-dealkylation sites (tertiary alicyclic amines) is 1. The third kappa shape index (κ3) is 2.65. The molecule has 0 radical (unpaired) electrons. The topological polar surface area (TPSA) is 42.5 Å². The summed E-state index contributed by atoms with van der Waals surface area (Å²) in [5, 5.41) is 0. The third-order valence-electron chi connectivity index (χ3n) is 4.91. The summed E-state index contributed by atoms with van der Waals surface area (Å²) in [5.41, 5.74) is 3.96. The Labute approximate surface area is 141 Å².